The van der Waals surface area contributed by atoms with Crippen molar-refractivity contribution in [1.82, 2.24) is 10.2 Å². The van der Waals surface area contributed by atoms with Crippen LogP contribution in [0.3, 0.4) is 0 Å². The summed E-state index contributed by atoms with van der Waals surface area (Å²) in [6, 6.07) is 11.7. The number of thiophene rings is 1. The molecule has 5 nitrogen and oxygen atoms in total. The van der Waals surface area contributed by atoms with Gasteiger partial charge in [-0.15, -0.1) is 11.3 Å². The first-order chi connectivity index (χ1) is 11.3. The van der Waals surface area contributed by atoms with E-state index in [2.05, 4.69) is 17.5 Å². The lowest BCUT2D eigenvalue weighted by Gasteiger charge is -2.38. The zero-order valence-corrected chi connectivity index (χ0v) is 14.6. The molecule has 24 heavy (non-hydrogen) atoms. The van der Waals surface area contributed by atoms with Gasteiger partial charge in [-0.1, -0.05) is 12.1 Å². The van der Waals surface area contributed by atoms with Crippen LogP contribution in [0.4, 0.5) is 0 Å². The molecule has 1 aliphatic rings. The molecule has 1 amide bonds. The van der Waals surface area contributed by atoms with Crippen molar-refractivity contribution in [3.05, 3.63) is 45.6 Å². The fraction of sp³-hybridized carbons (Fsp3) is 0.278. The number of guanidine groups is 1. The van der Waals surface area contributed by atoms with E-state index in [1.807, 2.05) is 32.0 Å². The smallest absolute Gasteiger partial charge is 0.231 e. The molecule has 0 unspecified atom stereocenters. The Hall–Kier alpha value is -2.65. The van der Waals surface area contributed by atoms with Crippen molar-refractivity contribution in [3.8, 4) is 17.2 Å². The average molecular weight is 338 g/mol. The van der Waals surface area contributed by atoms with Crippen molar-refractivity contribution >= 4 is 23.2 Å². The molecule has 122 valence electrons. The highest BCUT2D eigenvalue weighted by atomic mass is 32.1. The lowest BCUT2D eigenvalue weighted by Crippen LogP contribution is -2.57. The largest absolute Gasteiger partial charge is 0.345 e. The number of hydrogen-bond donors (Lipinski definition) is 2. The molecule has 2 N–H and O–H groups in total. The number of nitrogens with zero attached hydrogens (tertiary/aromatic N) is 2. The topological polar surface area (TPSA) is 80.0 Å². The van der Waals surface area contributed by atoms with E-state index in [1.54, 1.807) is 24.5 Å². The summed E-state index contributed by atoms with van der Waals surface area (Å²) in [7, 11) is 1.61. The minimum Gasteiger partial charge on any atom is -0.345 e. The van der Waals surface area contributed by atoms with E-state index in [0.29, 0.717) is 12.0 Å². The molecule has 6 heteroatoms. The van der Waals surface area contributed by atoms with Gasteiger partial charge in [0.2, 0.25) is 5.91 Å². The van der Waals surface area contributed by atoms with Crippen LogP contribution < -0.4 is 5.32 Å². The van der Waals surface area contributed by atoms with E-state index in [0.717, 1.165) is 20.9 Å². The second kappa shape index (κ2) is 5.77. The molecule has 0 aliphatic carbocycles. The van der Waals surface area contributed by atoms with E-state index in [-0.39, 0.29) is 11.9 Å². The second-order valence-electron chi connectivity index (χ2n) is 6.21. The van der Waals surface area contributed by atoms with Gasteiger partial charge in [0.05, 0.1) is 23.6 Å². The van der Waals surface area contributed by atoms with Crippen LogP contribution in [0.15, 0.2) is 30.3 Å². The van der Waals surface area contributed by atoms with Gasteiger partial charge < -0.3 is 5.32 Å². The fourth-order valence-electron chi connectivity index (χ4n) is 2.88. The van der Waals surface area contributed by atoms with Gasteiger partial charge >= 0.3 is 0 Å². The van der Waals surface area contributed by atoms with Crippen LogP contribution in [0.1, 0.15) is 28.7 Å². The summed E-state index contributed by atoms with van der Waals surface area (Å²) >= 11 is 1.62. The molecule has 1 aromatic carbocycles. The molecule has 0 radical (unpaired) electrons. The van der Waals surface area contributed by atoms with Gasteiger partial charge in [0.25, 0.3) is 0 Å². The number of amides is 1. The summed E-state index contributed by atoms with van der Waals surface area (Å²) in [5.74, 6) is 0.0492. The number of aryl methyl sites for hydroxylation is 1. The second-order valence-corrected chi connectivity index (χ2v) is 7.46. The summed E-state index contributed by atoms with van der Waals surface area (Å²) in [5.41, 5.74) is 2.10. The van der Waals surface area contributed by atoms with E-state index >= 15 is 0 Å². The Morgan fingerprint density at radius 3 is 2.83 bits per heavy atom. The van der Waals surface area contributed by atoms with Gasteiger partial charge in [0.1, 0.15) is 0 Å². The van der Waals surface area contributed by atoms with E-state index in [1.165, 1.54) is 4.90 Å². The Bertz CT molecular complexity index is 859. The summed E-state index contributed by atoms with van der Waals surface area (Å²) < 4.78 is 0. The van der Waals surface area contributed by atoms with E-state index in [9.17, 15) is 4.79 Å². The molecule has 1 atom stereocenters. The number of nitriles is 1. The van der Waals surface area contributed by atoms with Gasteiger partial charge in [-0.25, -0.2) is 0 Å². The predicted octanol–water partition coefficient (Wildman–Crippen LogP) is 3.20. The van der Waals surface area contributed by atoms with Crippen molar-refractivity contribution in [1.29, 1.82) is 10.7 Å². The van der Waals surface area contributed by atoms with Crippen LogP contribution in [-0.4, -0.2) is 23.8 Å². The molecule has 1 fully saturated rings. The van der Waals surface area contributed by atoms with Gasteiger partial charge in [-0.3, -0.25) is 15.1 Å². The van der Waals surface area contributed by atoms with Crippen molar-refractivity contribution in [2.45, 2.75) is 25.8 Å². The van der Waals surface area contributed by atoms with Gasteiger partial charge in [0.15, 0.2) is 5.96 Å². The maximum atomic E-state index is 12.2. The third kappa shape index (κ3) is 2.68. The number of benzene rings is 1. The van der Waals surface area contributed by atoms with Crippen LogP contribution in [0.5, 0.6) is 0 Å². The van der Waals surface area contributed by atoms with Crippen LogP contribution in [0.25, 0.3) is 11.1 Å². The van der Waals surface area contributed by atoms with Crippen molar-refractivity contribution in [3.63, 3.8) is 0 Å². The van der Waals surface area contributed by atoms with Crippen LogP contribution in [-0.2, 0) is 10.3 Å². The quantitative estimate of drug-likeness (QED) is 0.882. The first kappa shape index (κ1) is 16.2. The van der Waals surface area contributed by atoms with Crippen LogP contribution in [0, 0.1) is 23.7 Å². The molecule has 0 bridgehead atoms. The highest BCUT2D eigenvalue weighted by Gasteiger charge is 2.39. The molecular weight excluding hydrogens is 320 g/mol. The summed E-state index contributed by atoms with van der Waals surface area (Å²) in [6.45, 7) is 3.99. The third-order valence-electron chi connectivity index (χ3n) is 4.37. The Labute approximate surface area is 145 Å². The molecule has 0 saturated carbocycles. The zero-order chi connectivity index (χ0) is 17.5. The molecule has 3 rings (SSSR count). The SMILES string of the molecule is Cc1sc([C@]2(C)CC(=O)N(C)C(=N)N2)cc1-c1cccc(C#N)c1. The molecular formula is C18H18N4OS. The number of nitrogens with one attached hydrogen (secondary N) is 2. The van der Waals surface area contributed by atoms with Gasteiger partial charge in [0, 0.05) is 16.8 Å². The molecule has 0 spiro atoms. The third-order valence-corrected chi connectivity index (χ3v) is 5.69. The van der Waals surface area contributed by atoms with E-state index in [4.69, 9.17) is 10.7 Å². The summed E-state index contributed by atoms with van der Waals surface area (Å²) in [4.78, 5) is 15.6. The number of hydrogen-bond acceptors (Lipinski definition) is 4. The molecule has 1 saturated heterocycles. The molecule has 2 heterocycles. The van der Waals surface area contributed by atoms with Crippen molar-refractivity contribution < 1.29 is 4.79 Å². The Morgan fingerprint density at radius 1 is 1.42 bits per heavy atom. The number of rotatable bonds is 2. The van der Waals surface area contributed by atoms with Crippen molar-refractivity contribution in [2.24, 2.45) is 0 Å². The number of carbonyl (C=O) groups excluding carboxylic acids is 1. The van der Waals surface area contributed by atoms with Gasteiger partial charge in [-0.05, 0) is 43.2 Å². The standard InChI is InChI=1S/C18H18N4OS/c1-11-14(13-6-4-5-12(7-13)10-19)8-15(24-11)18(2)9-16(23)22(3)17(20)21-18/h4-8H,9H2,1-3H3,(H2,20,21)/t18-/m0/s1. The maximum absolute atomic E-state index is 12.2. The predicted molar refractivity (Wildman–Crippen MR) is 94.8 cm³/mol. The molecule has 1 aromatic heterocycles. The van der Waals surface area contributed by atoms with Crippen LogP contribution >= 0.6 is 11.3 Å². The fourth-order valence-corrected chi connectivity index (χ4v) is 4.02. The Morgan fingerprint density at radius 2 is 2.17 bits per heavy atom. The maximum Gasteiger partial charge on any atom is 0.231 e. The summed E-state index contributed by atoms with van der Waals surface area (Å²) in [6.07, 6.45) is 0.309. The minimum absolute atomic E-state index is 0.0691. The zero-order valence-electron chi connectivity index (χ0n) is 13.8. The summed E-state index contributed by atoms with van der Waals surface area (Å²) in [5, 5.41) is 20.2. The van der Waals surface area contributed by atoms with Crippen LogP contribution in [0.2, 0.25) is 0 Å². The normalized spacial score (nSPS) is 20.7. The highest BCUT2D eigenvalue weighted by Crippen LogP contribution is 2.39. The van der Waals surface area contributed by atoms with E-state index < -0.39 is 5.54 Å². The Balaban J connectivity index is 2.01. The molecule has 2 aromatic rings. The van der Waals surface area contributed by atoms with Crippen molar-refractivity contribution in [2.75, 3.05) is 7.05 Å². The minimum atomic E-state index is -0.582. The number of carbonyl (C=O) groups is 1. The lowest BCUT2D eigenvalue weighted by molar-refractivity contribution is -0.129. The first-order valence-corrected chi connectivity index (χ1v) is 8.40. The van der Waals surface area contributed by atoms with Gasteiger partial charge in [-0.2, -0.15) is 5.26 Å². The lowest BCUT2D eigenvalue weighted by atomic mass is 9.91. The Kier molecular flexibility index (Phi) is 3.90. The average Bonchev–Trinajstić information content (AvgIpc) is 2.95. The first-order valence-electron chi connectivity index (χ1n) is 7.59. The monoisotopic (exact) mass is 338 g/mol. The molecule has 1 aliphatic heterocycles. The highest BCUT2D eigenvalue weighted by molar-refractivity contribution is 7.12.